The predicted molar refractivity (Wildman–Crippen MR) is 103 cm³/mol. The highest BCUT2D eigenvalue weighted by Crippen LogP contribution is 2.30. The van der Waals surface area contributed by atoms with Gasteiger partial charge in [-0.1, -0.05) is 12.1 Å². The highest BCUT2D eigenvalue weighted by atomic mass is 19.1. The first kappa shape index (κ1) is 20.2. The van der Waals surface area contributed by atoms with Gasteiger partial charge in [-0.15, -0.1) is 0 Å². The van der Waals surface area contributed by atoms with Gasteiger partial charge in [-0.05, 0) is 18.2 Å². The summed E-state index contributed by atoms with van der Waals surface area (Å²) in [5.74, 6) is -2.57. The molecule has 0 aliphatic carbocycles. The van der Waals surface area contributed by atoms with Crippen LogP contribution in [0.2, 0.25) is 0 Å². The van der Waals surface area contributed by atoms with Gasteiger partial charge in [0.2, 0.25) is 0 Å². The Morgan fingerprint density at radius 2 is 1.93 bits per heavy atom. The summed E-state index contributed by atoms with van der Waals surface area (Å²) in [4.78, 5) is 35.8. The number of nitrogen functional groups attached to an aromatic ring is 1. The Bertz CT molecular complexity index is 1240. The van der Waals surface area contributed by atoms with Crippen LogP contribution in [0.3, 0.4) is 0 Å². The van der Waals surface area contributed by atoms with Crippen molar-refractivity contribution in [2.45, 2.75) is 0 Å². The van der Waals surface area contributed by atoms with E-state index in [1.807, 2.05) is 6.07 Å². The summed E-state index contributed by atoms with van der Waals surface area (Å²) in [6.45, 7) is 0. The minimum Gasteiger partial charge on any atom is -0.464 e. The second-order valence-corrected chi connectivity index (χ2v) is 6.05. The molecule has 9 nitrogen and oxygen atoms in total. The van der Waals surface area contributed by atoms with E-state index in [2.05, 4.69) is 0 Å². The fourth-order valence-corrected chi connectivity index (χ4v) is 2.92. The molecule has 1 aromatic heterocycles. The van der Waals surface area contributed by atoms with E-state index >= 15 is 0 Å². The number of nitrogens with zero attached hydrogens (tertiary/aromatic N) is 3. The molecule has 0 saturated heterocycles. The van der Waals surface area contributed by atoms with Gasteiger partial charge in [-0.3, -0.25) is 14.9 Å². The molecule has 3 rings (SSSR count). The average Bonchev–Trinajstić information content (AvgIpc) is 3.08. The Balaban J connectivity index is 2.34. The maximum Gasteiger partial charge on any atom is 0.357 e. The Morgan fingerprint density at radius 1 is 1.23 bits per heavy atom. The fourth-order valence-electron chi connectivity index (χ4n) is 2.92. The number of non-ortho nitro benzene ring substituents is 1. The van der Waals surface area contributed by atoms with Crippen LogP contribution in [0, 0.1) is 27.3 Å². The highest BCUT2D eigenvalue weighted by Gasteiger charge is 2.27. The number of nitrogens with two attached hydrogens (primary N) is 1. The van der Waals surface area contributed by atoms with Crippen LogP contribution in [-0.4, -0.2) is 28.4 Å². The molecule has 150 valence electrons. The van der Waals surface area contributed by atoms with E-state index in [0.29, 0.717) is 0 Å². The number of halogens is 1. The SMILES string of the molecule is COC(=O)c1c(N)c(C#N)cn1-c1ccc([N+](=O)[O-])cc1C(=O)c1ccccc1F. The zero-order valence-corrected chi connectivity index (χ0v) is 15.5. The topological polar surface area (TPSA) is 141 Å². The van der Waals surface area contributed by atoms with Crippen LogP contribution in [0.15, 0.2) is 48.7 Å². The number of nitro groups is 1. The Hall–Kier alpha value is -4.52. The van der Waals surface area contributed by atoms with Crippen molar-refractivity contribution < 1.29 is 23.6 Å². The Morgan fingerprint density at radius 3 is 2.53 bits per heavy atom. The molecule has 0 bridgehead atoms. The zero-order chi connectivity index (χ0) is 22.0. The van der Waals surface area contributed by atoms with Gasteiger partial charge in [-0.25, -0.2) is 9.18 Å². The van der Waals surface area contributed by atoms with E-state index < -0.39 is 28.2 Å². The van der Waals surface area contributed by atoms with Gasteiger partial charge in [0.15, 0.2) is 11.5 Å². The van der Waals surface area contributed by atoms with Gasteiger partial charge < -0.3 is 15.0 Å². The average molecular weight is 408 g/mol. The number of aromatic nitrogens is 1. The summed E-state index contributed by atoms with van der Waals surface area (Å²) in [6.07, 6.45) is 1.20. The third-order valence-corrected chi connectivity index (χ3v) is 4.36. The Labute approximate surface area is 168 Å². The molecule has 0 unspecified atom stereocenters. The van der Waals surface area contributed by atoms with Crippen LogP contribution < -0.4 is 5.73 Å². The van der Waals surface area contributed by atoms with Gasteiger partial charge in [0.05, 0.1) is 40.1 Å². The van der Waals surface area contributed by atoms with E-state index in [4.69, 9.17) is 10.5 Å². The molecule has 30 heavy (non-hydrogen) atoms. The number of nitro benzene ring substituents is 1. The van der Waals surface area contributed by atoms with Crippen molar-refractivity contribution in [3.63, 3.8) is 0 Å². The molecule has 0 aliphatic heterocycles. The molecule has 2 N–H and O–H groups in total. The Kier molecular flexibility index (Phi) is 5.29. The number of benzene rings is 2. The summed E-state index contributed by atoms with van der Waals surface area (Å²) >= 11 is 0. The number of methoxy groups -OCH3 is 1. The minimum atomic E-state index is -0.892. The first-order valence-corrected chi connectivity index (χ1v) is 8.37. The first-order valence-electron chi connectivity index (χ1n) is 8.37. The number of hydrogen-bond donors (Lipinski definition) is 1. The molecule has 0 radical (unpaired) electrons. The zero-order valence-electron chi connectivity index (χ0n) is 15.5. The summed E-state index contributed by atoms with van der Waals surface area (Å²) in [7, 11) is 1.10. The lowest BCUT2D eigenvalue weighted by Gasteiger charge is -2.13. The van der Waals surface area contributed by atoms with E-state index in [-0.39, 0.29) is 33.8 Å². The van der Waals surface area contributed by atoms with Gasteiger partial charge in [0.1, 0.15) is 11.9 Å². The molecule has 0 fully saturated rings. The largest absolute Gasteiger partial charge is 0.464 e. The number of rotatable bonds is 5. The number of carbonyl (C=O) groups is 2. The molecular formula is C20H13FN4O5. The normalized spacial score (nSPS) is 10.3. The molecule has 0 spiro atoms. The monoisotopic (exact) mass is 408 g/mol. The van der Waals surface area contributed by atoms with Crippen LogP contribution in [0.5, 0.6) is 0 Å². The van der Waals surface area contributed by atoms with Crippen molar-refractivity contribution in [3.05, 3.63) is 87.0 Å². The third kappa shape index (κ3) is 3.35. The van der Waals surface area contributed by atoms with Crippen molar-refractivity contribution in [1.82, 2.24) is 4.57 Å². The standard InChI is InChI=1S/C20H13FN4O5/c1-30-20(27)18-17(23)11(9-22)10-24(18)16-7-6-12(25(28)29)8-14(16)19(26)13-4-2-3-5-15(13)21/h2-8,10H,23H2,1H3. The minimum absolute atomic E-state index is 0.0116. The van der Waals surface area contributed by atoms with Gasteiger partial charge in [0.25, 0.3) is 5.69 Å². The van der Waals surface area contributed by atoms with Crippen molar-refractivity contribution in [2.75, 3.05) is 12.8 Å². The molecule has 0 aliphatic rings. The molecule has 0 saturated carbocycles. The van der Waals surface area contributed by atoms with Crippen molar-refractivity contribution in [1.29, 1.82) is 5.26 Å². The smallest absolute Gasteiger partial charge is 0.357 e. The number of ketones is 1. The van der Waals surface area contributed by atoms with E-state index in [1.54, 1.807) is 0 Å². The number of nitriles is 1. The fraction of sp³-hybridized carbons (Fsp3) is 0.0500. The second kappa shape index (κ2) is 7.84. The summed E-state index contributed by atoms with van der Waals surface area (Å²) < 4.78 is 20.0. The second-order valence-electron chi connectivity index (χ2n) is 6.05. The molecular weight excluding hydrogens is 395 g/mol. The molecule has 0 atom stereocenters. The predicted octanol–water partition coefficient (Wildman–Crippen LogP) is 3.00. The van der Waals surface area contributed by atoms with Crippen molar-refractivity contribution in [3.8, 4) is 11.8 Å². The summed E-state index contributed by atoms with van der Waals surface area (Å²) in [5.41, 5.74) is 4.35. The molecule has 3 aromatic rings. The quantitative estimate of drug-likeness (QED) is 0.296. The van der Waals surface area contributed by atoms with Crippen LogP contribution in [0.25, 0.3) is 5.69 Å². The van der Waals surface area contributed by atoms with Crippen molar-refractivity contribution in [2.24, 2.45) is 0 Å². The van der Waals surface area contributed by atoms with Gasteiger partial charge >= 0.3 is 5.97 Å². The summed E-state index contributed by atoms with van der Waals surface area (Å²) in [5, 5.41) is 20.5. The van der Waals surface area contributed by atoms with Crippen LogP contribution in [0.1, 0.15) is 32.0 Å². The highest BCUT2D eigenvalue weighted by molar-refractivity contribution is 6.12. The molecule has 1 heterocycles. The molecule has 10 heteroatoms. The van der Waals surface area contributed by atoms with E-state index in [9.17, 15) is 29.4 Å². The number of ether oxygens (including phenoxy) is 1. The maximum atomic E-state index is 14.2. The molecule has 0 amide bonds. The van der Waals surface area contributed by atoms with Crippen molar-refractivity contribution >= 4 is 23.1 Å². The number of hydrogen-bond acceptors (Lipinski definition) is 7. The van der Waals surface area contributed by atoms with E-state index in [0.717, 1.165) is 29.9 Å². The third-order valence-electron chi connectivity index (χ3n) is 4.36. The lowest BCUT2D eigenvalue weighted by Crippen LogP contribution is -2.15. The first-order chi connectivity index (χ1) is 14.3. The maximum absolute atomic E-state index is 14.2. The van der Waals surface area contributed by atoms with Gasteiger partial charge in [0, 0.05) is 18.3 Å². The number of anilines is 1. The van der Waals surface area contributed by atoms with E-state index in [1.165, 1.54) is 30.5 Å². The number of carbonyl (C=O) groups excluding carboxylic acids is 2. The molecule has 2 aromatic carbocycles. The van der Waals surface area contributed by atoms with Crippen LogP contribution in [0.4, 0.5) is 15.8 Å². The number of esters is 1. The summed E-state index contributed by atoms with van der Waals surface area (Å²) in [6, 6.07) is 10.2. The lowest BCUT2D eigenvalue weighted by atomic mass is 10.00. The van der Waals surface area contributed by atoms with Gasteiger partial charge in [-0.2, -0.15) is 5.26 Å². The van der Waals surface area contributed by atoms with Crippen LogP contribution >= 0.6 is 0 Å². The lowest BCUT2D eigenvalue weighted by molar-refractivity contribution is -0.384. The van der Waals surface area contributed by atoms with Crippen LogP contribution in [-0.2, 0) is 4.74 Å².